The third-order valence-electron chi connectivity index (χ3n) is 2.97. The number of ether oxygens (including phenoxy) is 1. The van der Waals surface area contributed by atoms with Crippen LogP contribution in [0.15, 0.2) is 18.2 Å². The topological polar surface area (TPSA) is 58.6 Å². The Labute approximate surface area is 151 Å². The lowest BCUT2D eigenvalue weighted by Gasteiger charge is -2.21. The van der Waals surface area contributed by atoms with Crippen LogP contribution in [-0.2, 0) is 20.9 Å². The summed E-state index contributed by atoms with van der Waals surface area (Å²) in [4.78, 5) is 12.2. The van der Waals surface area contributed by atoms with E-state index < -0.39 is 39.8 Å². The predicted octanol–water partition coefficient (Wildman–Crippen LogP) is 4.52. The molecule has 2 atom stereocenters. The van der Waals surface area contributed by atoms with Crippen LogP contribution >= 0.6 is 0 Å². The standard InChI is InChI=1S/C15H22F2NO3S.C3H6/c1-9(2)21-14(19)13(18-22(20)15(3,4)5)10-6-11(16)8-12(17)7-10;1-2-3-1/h6-9,13,18,20H,1-5H3;1-3H2/q+1;. The van der Waals surface area contributed by atoms with E-state index in [0.717, 1.165) is 18.2 Å². The zero-order chi connectivity index (χ0) is 19.2. The highest BCUT2D eigenvalue weighted by Crippen LogP contribution is 2.23. The summed E-state index contributed by atoms with van der Waals surface area (Å²) in [7, 11) is 0. The molecule has 0 aromatic heterocycles. The summed E-state index contributed by atoms with van der Waals surface area (Å²) in [6, 6.07) is 1.65. The Morgan fingerprint density at radius 2 is 1.64 bits per heavy atom. The fourth-order valence-electron chi connectivity index (χ4n) is 1.58. The third kappa shape index (κ3) is 8.65. The van der Waals surface area contributed by atoms with Crippen molar-refractivity contribution in [3.8, 4) is 0 Å². The molecule has 0 spiro atoms. The molecule has 1 aromatic rings. The number of carbonyl (C=O) groups is 1. The minimum Gasteiger partial charge on any atom is -0.461 e. The number of hydrogen-bond acceptors (Lipinski definition) is 4. The van der Waals surface area contributed by atoms with Crippen LogP contribution in [0.4, 0.5) is 8.78 Å². The predicted molar refractivity (Wildman–Crippen MR) is 97.1 cm³/mol. The van der Waals surface area contributed by atoms with Crippen molar-refractivity contribution in [2.24, 2.45) is 0 Å². The molecule has 2 rings (SSSR count). The number of rotatable bonds is 5. The maximum atomic E-state index is 13.4. The first-order valence-corrected chi connectivity index (χ1v) is 9.55. The molecule has 0 amide bonds. The number of hydrogen-bond donors (Lipinski definition) is 2. The molecule has 2 unspecified atom stereocenters. The van der Waals surface area contributed by atoms with Gasteiger partial charge in [-0.15, -0.1) is 0 Å². The molecule has 1 aromatic carbocycles. The molecule has 1 aliphatic rings. The average molecular weight is 376 g/mol. The van der Waals surface area contributed by atoms with E-state index in [1.807, 2.05) is 0 Å². The van der Waals surface area contributed by atoms with Crippen molar-refractivity contribution in [2.75, 3.05) is 0 Å². The summed E-state index contributed by atoms with van der Waals surface area (Å²) in [5, 5.41) is 0. The molecular weight excluding hydrogens is 348 g/mol. The van der Waals surface area contributed by atoms with Gasteiger partial charge in [-0.05, 0) is 52.3 Å². The number of halogens is 2. The van der Waals surface area contributed by atoms with E-state index in [2.05, 4.69) is 4.72 Å². The van der Waals surface area contributed by atoms with E-state index in [9.17, 15) is 18.1 Å². The van der Waals surface area contributed by atoms with E-state index in [1.54, 1.807) is 34.6 Å². The molecule has 0 heterocycles. The Balaban J connectivity index is 0.000000934. The zero-order valence-corrected chi connectivity index (χ0v) is 16.3. The van der Waals surface area contributed by atoms with Gasteiger partial charge in [0.25, 0.3) is 0 Å². The first-order valence-electron chi connectivity index (χ1n) is 8.37. The molecular formula is C18H28F2NO3S+. The van der Waals surface area contributed by atoms with Gasteiger partial charge in [-0.3, -0.25) is 0 Å². The van der Waals surface area contributed by atoms with E-state index in [0.29, 0.717) is 0 Å². The second-order valence-electron chi connectivity index (χ2n) is 7.20. The van der Waals surface area contributed by atoms with Crippen molar-refractivity contribution in [2.45, 2.75) is 70.8 Å². The number of benzene rings is 1. The Morgan fingerprint density at radius 1 is 1.16 bits per heavy atom. The van der Waals surface area contributed by atoms with Gasteiger partial charge in [0.2, 0.25) is 11.4 Å². The van der Waals surface area contributed by atoms with E-state index in [1.165, 1.54) is 19.3 Å². The van der Waals surface area contributed by atoms with Crippen LogP contribution in [0.3, 0.4) is 0 Å². The van der Waals surface area contributed by atoms with Crippen molar-refractivity contribution in [1.29, 1.82) is 0 Å². The molecule has 0 radical (unpaired) electrons. The third-order valence-corrected chi connectivity index (χ3v) is 4.59. The monoisotopic (exact) mass is 376 g/mol. The van der Waals surface area contributed by atoms with Gasteiger partial charge in [0.15, 0.2) is 10.8 Å². The summed E-state index contributed by atoms with van der Waals surface area (Å²) >= 11 is -1.36. The first-order chi connectivity index (χ1) is 11.5. The van der Waals surface area contributed by atoms with Crippen molar-refractivity contribution in [3.05, 3.63) is 35.4 Å². The number of nitrogens with one attached hydrogen (secondary N) is 1. The maximum absolute atomic E-state index is 13.4. The molecule has 7 heteroatoms. The summed E-state index contributed by atoms with van der Waals surface area (Å²) in [5.74, 6) is -2.30. The minimum atomic E-state index is -1.36. The highest BCUT2D eigenvalue weighted by molar-refractivity contribution is 7.90. The van der Waals surface area contributed by atoms with Crippen molar-refractivity contribution < 1.29 is 22.9 Å². The first kappa shape index (κ1) is 21.9. The Bertz CT molecular complexity index is 551. The largest absolute Gasteiger partial charge is 0.461 e. The lowest BCUT2D eigenvalue weighted by atomic mass is 10.1. The molecule has 25 heavy (non-hydrogen) atoms. The number of esters is 1. The summed E-state index contributed by atoms with van der Waals surface area (Å²) in [6.45, 7) is 8.67. The van der Waals surface area contributed by atoms with E-state index in [4.69, 9.17) is 4.74 Å². The van der Waals surface area contributed by atoms with Gasteiger partial charge in [0, 0.05) is 6.07 Å². The van der Waals surface area contributed by atoms with Crippen LogP contribution in [0, 0.1) is 11.6 Å². The maximum Gasteiger partial charge on any atom is 0.332 e. The van der Waals surface area contributed by atoms with Gasteiger partial charge >= 0.3 is 5.97 Å². The van der Waals surface area contributed by atoms with Crippen LogP contribution in [-0.4, -0.2) is 21.4 Å². The van der Waals surface area contributed by atoms with E-state index in [-0.39, 0.29) is 11.7 Å². The molecule has 142 valence electrons. The van der Waals surface area contributed by atoms with Gasteiger partial charge in [-0.1, -0.05) is 24.0 Å². The Hall–Kier alpha value is -1.18. The van der Waals surface area contributed by atoms with Crippen LogP contribution in [0.25, 0.3) is 0 Å². The van der Waals surface area contributed by atoms with Gasteiger partial charge in [-0.25, -0.2) is 13.6 Å². The molecule has 0 bridgehead atoms. The normalized spacial score (nSPS) is 15.9. The lowest BCUT2D eigenvalue weighted by molar-refractivity contribution is -0.149. The molecule has 1 aliphatic carbocycles. The van der Waals surface area contributed by atoms with Gasteiger partial charge < -0.3 is 4.74 Å². The van der Waals surface area contributed by atoms with Crippen LogP contribution < -0.4 is 4.72 Å². The van der Waals surface area contributed by atoms with Gasteiger partial charge in [-0.2, -0.15) is 4.55 Å². The quantitative estimate of drug-likeness (QED) is 0.586. The molecule has 1 saturated carbocycles. The van der Waals surface area contributed by atoms with Crippen molar-refractivity contribution in [3.63, 3.8) is 0 Å². The molecule has 1 fully saturated rings. The fourth-order valence-corrected chi connectivity index (χ4v) is 2.39. The summed E-state index contributed by atoms with van der Waals surface area (Å²) < 4.78 is 44.2. The SMILES string of the molecule is C1CC1.CC(C)OC(=O)C(N[S+](O)C(C)(C)C)c1cc(F)cc(F)c1. The molecule has 4 nitrogen and oxygen atoms in total. The van der Waals surface area contributed by atoms with Gasteiger partial charge in [0.1, 0.15) is 11.6 Å². The highest BCUT2D eigenvalue weighted by atomic mass is 32.2. The second-order valence-corrected chi connectivity index (χ2v) is 9.23. The lowest BCUT2D eigenvalue weighted by Crippen LogP contribution is -2.44. The molecule has 2 N–H and O–H groups in total. The van der Waals surface area contributed by atoms with E-state index >= 15 is 0 Å². The fraction of sp³-hybridized carbons (Fsp3) is 0.611. The van der Waals surface area contributed by atoms with Crippen molar-refractivity contribution in [1.82, 2.24) is 4.72 Å². The van der Waals surface area contributed by atoms with Crippen molar-refractivity contribution >= 4 is 17.3 Å². The van der Waals surface area contributed by atoms with Crippen LogP contribution in [0.2, 0.25) is 0 Å². The minimum absolute atomic E-state index is 0.0685. The Morgan fingerprint density at radius 3 is 2.00 bits per heavy atom. The Kier molecular flexibility index (Phi) is 8.31. The zero-order valence-electron chi connectivity index (χ0n) is 15.4. The smallest absolute Gasteiger partial charge is 0.332 e. The van der Waals surface area contributed by atoms with Gasteiger partial charge in [0.05, 0.1) is 6.10 Å². The van der Waals surface area contributed by atoms with Crippen LogP contribution in [0.5, 0.6) is 0 Å². The molecule has 0 saturated heterocycles. The summed E-state index contributed by atoms with van der Waals surface area (Å²) in [6.07, 6.45) is 4.12. The van der Waals surface area contributed by atoms with Crippen LogP contribution in [0.1, 0.15) is 65.5 Å². The molecule has 0 aliphatic heterocycles. The summed E-state index contributed by atoms with van der Waals surface area (Å²) in [5.41, 5.74) is 0.0685. The average Bonchev–Trinajstić information content (AvgIpc) is 3.29. The number of carbonyl (C=O) groups excluding carboxylic acids is 1. The second kappa shape index (κ2) is 9.50. The highest BCUT2D eigenvalue weighted by Gasteiger charge is 2.40.